The zero-order chi connectivity index (χ0) is 17.0. The lowest BCUT2D eigenvalue weighted by molar-refractivity contribution is 0.0949. The summed E-state index contributed by atoms with van der Waals surface area (Å²) in [5, 5.41) is 0. The zero-order valence-corrected chi connectivity index (χ0v) is 14.9. The number of nitrogens with one attached hydrogen (secondary N) is 2. The number of amides is 1. The van der Waals surface area contributed by atoms with Gasteiger partial charge in [0.25, 0.3) is 15.9 Å². The van der Waals surface area contributed by atoms with Gasteiger partial charge >= 0.3 is 0 Å². The minimum Gasteiger partial charge on any atom is -0.273 e. The van der Waals surface area contributed by atoms with Crippen molar-refractivity contribution in [3.05, 3.63) is 51.7 Å². The monoisotopic (exact) mass is 364 g/mol. The molecule has 0 saturated carbocycles. The molecule has 1 aromatic heterocycles. The highest BCUT2D eigenvalue weighted by molar-refractivity contribution is 7.89. The molecule has 7 heteroatoms. The highest BCUT2D eigenvalue weighted by atomic mass is 32.2. The summed E-state index contributed by atoms with van der Waals surface area (Å²) in [6.07, 6.45) is 6.75. The number of aryl methyl sites for hydroxylation is 2. The molecular weight excluding hydrogens is 344 g/mol. The molecule has 1 aromatic carbocycles. The lowest BCUT2D eigenvalue weighted by atomic mass is 10.00. The number of hydrazine groups is 1. The third-order valence-corrected chi connectivity index (χ3v) is 6.57. The Balaban J connectivity index is 1.68. The molecule has 0 saturated heterocycles. The first-order valence-corrected chi connectivity index (χ1v) is 10.3. The van der Waals surface area contributed by atoms with Crippen LogP contribution in [0.3, 0.4) is 0 Å². The van der Waals surface area contributed by atoms with Crippen LogP contribution in [0.15, 0.2) is 41.3 Å². The second kappa shape index (κ2) is 7.46. The molecule has 2 N–H and O–H groups in total. The number of benzene rings is 1. The van der Waals surface area contributed by atoms with Gasteiger partial charge in [-0.2, -0.15) is 0 Å². The fourth-order valence-corrected chi connectivity index (χ4v) is 4.80. The van der Waals surface area contributed by atoms with E-state index in [4.69, 9.17) is 0 Å². The van der Waals surface area contributed by atoms with Gasteiger partial charge < -0.3 is 0 Å². The van der Waals surface area contributed by atoms with E-state index >= 15 is 0 Å². The molecule has 128 valence electrons. The Bertz CT molecular complexity index is 788. The van der Waals surface area contributed by atoms with E-state index in [1.807, 2.05) is 6.07 Å². The topological polar surface area (TPSA) is 75.3 Å². The van der Waals surface area contributed by atoms with E-state index in [2.05, 4.69) is 10.3 Å². The van der Waals surface area contributed by atoms with Crippen molar-refractivity contribution in [2.75, 3.05) is 0 Å². The normalized spacial score (nSPS) is 15.2. The number of carbonyl (C=O) groups is 1. The minimum absolute atomic E-state index is 0.115. The predicted octanol–water partition coefficient (Wildman–Crippen LogP) is 3.03. The van der Waals surface area contributed by atoms with E-state index in [-0.39, 0.29) is 4.90 Å². The molecule has 0 atom stereocenters. The van der Waals surface area contributed by atoms with E-state index in [0.717, 1.165) is 25.7 Å². The van der Waals surface area contributed by atoms with Gasteiger partial charge in [0.1, 0.15) is 0 Å². The van der Waals surface area contributed by atoms with Crippen LogP contribution in [0.5, 0.6) is 0 Å². The van der Waals surface area contributed by atoms with Gasteiger partial charge in [0, 0.05) is 4.88 Å². The van der Waals surface area contributed by atoms with Crippen LogP contribution in [0.4, 0.5) is 0 Å². The molecule has 0 spiro atoms. The summed E-state index contributed by atoms with van der Waals surface area (Å²) in [5.74, 6) is -0.411. The lowest BCUT2D eigenvalue weighted by Crippen LogP contribution is -2.41. The maximum Gasteiger partial charge on any atom is 0.276 e. The fourth-order valence-electron chi connectivity index (χ4n) is 2.79. The zero-order valence-electron chi connectivity index (χ0n) is 13.2. The largest absolute Gasteiger partial charge is 0.276 e. The van der Waals surface area contributed by atoms with Gasteiger partial charge in [0.2, 0.25) is 0 Å². The molecule has 1 aliphatic carbocycles. The van der Waals surface area contributed by atoms with Crippen molar-refractivity contribution in [3.63, 3.8) is 0 Å². The molecule has 0 bridgehead atoms. The van der Waals surface area contributed by atoms with E-state index in [1.54, 1.807) is 18.2 Å². The highest BCUT2D eigenvalue weighted by Crippen LogP contribution is 2.28. The summed E-state index contributed by atoms with van der Waals surface area (Å²) in [7, 11) is -3.75. The van der Waals surface area contributed by atoms with Crippen LogP contribution in [0.25, 0.3) is 0 Å². The van der Waals surface area contributed by atoms with Crippen molar-refractivity contribution >= 4 is 27.3 Å². The van der Waals surface area contributed by atoms with Gasteiger partial charge in [-0.1, -0.05) is 31.0 Å². The Labute approximate surface area is 146 Å². The van der Waals surface area contributed by atoms with Crippen molar-refractivity contribution in [1.29, 1.82) is 0 Å². The fraction of sp³-hybridized carbons (Fsp3) is 0.353. The van der Waals surface area contributed by atoms with Crippen LogP contribution in [-0.2, 0) is 22.9 Å². The quantitative estimate of drug-likeness (QED) is 0.819. The van der Waals surface area contributed by atoms with Crippen LogP contribution in [0.2, 0.25) is 0 Å². The van der Waals surface area contributed by atoms with E-state index in [0.29, 0.717) is 4.88 Å². The summed E-state index contributed by atoms with van der Waals surface area (Å²) in [6.45, 7) is 0. The van der Waals surface area contributed by atoms with Crippen LogP contribution in [0.1, 0.15) is 45.8 Å². The molecule has 3 rings (SSSR count). The molecule has 1 aliphatic rings. The maximum absolute atomic E-state index is 12.3. The maximum atomic E-state index is 12.3. The average molecular weight is 364 g/mol. The summed E-state index contributed by atoms with van der Waals surface area (Å²) >= 11 is 1.47. The number of fused-ring (bicyclic) bond motifs is 1. The van der Waals surface area contributed by atoms with Gasteiger partial charge in [-0.3, -0.25) is 10.2 Å². The Morgan fingerprint density at radius 3 is 2.46 bits per heavy atom. The first-order chi connectivity index (χ1) is 11.6. The summed E-state index contributed by atoms with van der Waals surface area (Å²) in [5.41, 5.74) is 3.54. The smallest absolute Gasteiger partial charge is 0.273 e. The van der Waals surface area contributed by atoms with Gasteiger partial charge in [0.15, 0.2) is 0 Å². The second-order valence-corrected chi connectivity index (χ2v) is 8.67. The molecule has 0 fully saturated rings. The van der Waals surface area contributed by atoms with Gasteiger partial charge in [-0.15, -0.1) is 16.2 Å². The number of hydrogen-bond acceptors (Lipinski definition) is 4. The Morgan fingerprint density at radius 1 is 1.00 bits per heavy atom. The number of hydrogen-bond donors (Lipinski definition) is 2. The van der Waals surface area contributed by atoms with Crippen molar-refractivity contribution in [1.82, 2.24) is 10.3 Å². The van der Waals surface area contributed by atoms with Gasteiger partial charge in [0.05, 0.1) is 9.77 Å². The molecule has 0 unspecified atom stereocenters. The van der Waals surface area contributed by atoms with E-state index < -0.39 is 15.9 Å². The predicted molar refractivity (Wildman–Crippen MR) is 94.4 cm³/mol. The van der Waals surface area contributed by atoms with Crippen LogP contribution in [0, 0.1) is 0 Å². The highest BCUT2D eigenvalue weighted by Gasteiger charge is 2.18. The SMILES string of the molecule is O=C(NNS(=O)(=O)c1ccccc1)c1cc2c(s1)CCCCCC2. The molecule has 1 heterocycles. The molecule has 2 aromatic rings. The van der Waals surface area contributed by atoms with Crippen molar-refractivity contribution in [2.45, 2.75) is 43.4 Å². The third kappa shape index (κ3) is 4.03. The van der Waals surface area contributed by atoms with Crippen molar-refractivity contribution in [2.24, 2.45) is 0 Å². The summed E-state index contributed by atoms with van der Waals surface area (Å²) in [6, 6.07) is 9.86. The molecule has 1 amide bonds. The van der Waals surface area contributed by atoms with Crippen LogP contribution in [-0.4, -0.2) is 14.3 Å². The molecule has 0 aliphatic heterocycles. The Morgan fingerprint density at radius 2 is 1.71 bits per heavy atom. The lowest BCUT2D eigenvalue weighted by Gasteiger charge is -2.07. The Hall–Kier alpha value is -1.70. The van der Waals surface area contributed by atoms with Crippen molar-refractivity contribution in [3.8, 4) is 0 Å². The molecule has 5 nitrogen and oxygen atoms in total. The number of sulfonamides is 1. The van der Waals surface area contributed by atoms with E-state index in [1.165, 1.54) is 46.8 Å². The molecular formula is C17H20N2O3S2. The molecule has 0 radical (unpaired) electrons. The van der Waals surface area contributed by atoms with Gasteiger partial charge in [-0.25, -0.2) is 8.42 Å². The summed E-state index contributed by atoms with van der Waals surface area (Å²) < 4.78 is 24.3. The standard InChI is InChI=1S/C17H20N2O3S2/c20-17(18-19-24(21,22)14-9-5-3-6-10-14)16-12-13-8-4-1-2-7-11-15(13)23-16/h3,5-6,9-10,12,19H,1-2,4,7-8,11H2,(H,18,20). The van der Waals surface area contributed by atoms with Gasteiger partial charge in [-0.05, 0) is 49.4 Å². The van der Waals surface area contributed by atoms with Crippen molar-refractivity contribution < 1.29 is 13.2 Å². The number of carbonyl (C=O) groups excluding carboxylic acids is 1. The minimum atomic E-state index is -3.75. The Kier molecular flexibility index (Phi) is 5.33. The third-order valence-electron chi connectivity index (χ3n) is 4.07. The molecule has 24 heavy (non-hydrogen) atoms. The van der Waals surface area contributed by atoms with Crippen LogP contribution >= 0.6 is 11.3 Å². The first kappa shape index (κ1) is 17.1. The first-order valence-electron chi connectivity index (χ1n) is 8.05. The average Bonchev–Trinajstić information content (AvgIpc) is 2.96. The number of thiophene rings is 1. The summed E-state index contributed by atoms with van der Waals surface area (Å²) in [4.78, 5) is 16.4. The second-order valence-electron chi connectivity index (χ2n) is 5.85. The van der Waals surface area contributed by atoms with E-state index in [9.17, 15) is 13.2 Å². The number of rotatable bonds is 4. The van der Waals surface area contributed by atoms with Crippen LogP contribution < -0.4 is 10.3 Å².